The molecule has 23 heavy (non-hydrogen) atoms. The van der Waals surface area contributed by atoms with Crippen LogP contribution >= 0.6 is 0 Å². The first-order valence-corrected chi connectivity index (χ1v) is 7.55. The molecule has 0 aliphatic rings. The van der Waals surface area contributed by atoms with Crippen LogP contribution in [0.15, 0.2) is 72.8 Å². The molecular formula is C21H17NO. The number of hydrogen-bond donors (Lipinski definition) is 0. The lowest BCUT2D eigenvalue weighted by Crippen LogP contribution is -1.97. The largest absolute Gasteiger partial charge is 0.488 e. The molecule has 0 spiro atoms. The second kappa shape index (κ2) is 6.81. The third kappa shape index (κ3) is 3.41. The van der Waals surface area contributed by atoms with Crippen molar-refractivity contribution in [3.8, 4) is 22.9 Å². The van der Waals surface area contributed by atoms with Crippen molar-refractivity contribution in [2.24, 2.45) is 0 Å². The van der Waals surface area contributed by atoms with Gasteiger partial charge in [0.05, 0.1) is 11.6 Å². The molecule has 0 heterocycles. The molecule has 2 nitrogen and oxygen atoms in total. The average Bonchev–Trinajstić information content (AvgIpc) is 2.62. The summed E-state index contributed by atoms with van der Waals surface area (Å²) in [6, 6.07) is 26.0. The highest BCUT2D eigenvalue weighted by Gasteiger charge is 2.09. The van der Waals surface area contributed by atoms with Crippen molar-refractivity contribution in [2.75, 3.05) is 0 Å². The number of ether oxygens (including phenoxy) is 1. The van der Waals surface area contributed by atoms with Crippen LogP contribution < -0.4 is 4.74 Å². The number of nitriles is 1. The molecule has 0 aliphatic heterocycles. The Labute approximate surface area is 136 Å². The molecule has 112 valence electrons. The highest BCUT2D eigenvalue weighted by molar-refractivity contribution is 5.74. The Hall–Kier alpha value is -3.05. The van der Waals surface area contributed by atoms with Gasteiger partial charge in [0.15, 0.2) is 0 Å². The van der Waals surface area contributed by atoms with Gasteiger partial charge in [-0.2, -0.15) is 5.26 Å². The molecule has 0 unspecified atom stereocenters. The number of rotatable bonds is 4. The maximum atomic E-state index is 9.14. The SMILES string of the molecule is Cc1ccc(C#N)cc1-c1ccccc1OCc1ccccc1. The van der Waals surface area contributed by atoms with Crippen molar-refractivity contribution >= 4 is 0 Å². The minimum absolute atomic E-state index is 0.523. The number of benzene rings is 3. The first-order valence-electron chi connectivity index (χ1n) is 7.55. The van der Waals surface area contributed by atoms with Crippen molar-refractivity contribution in [1.82, 2.24) is 0 Å². The van der Waals surface area contributed by atoms with Crippen LogP contribution in [0.25, 0.3) is 11.1 Å². The van der Waals surface area contributed by atoms with E-state index in [-0.39, 0.29) is 0 Å². The summed E-state index contributed by atoms with van der Waals surface area (Å²) in [5.41, 5.74) is 4.96. The maximum Gasteiger partial charge on any atom is 0.127 e. The van der Waals surface area contributed by atoms with Gasteiger partial charge in [-0.1, -0.05) is 54.6 Å². The smallest absolute Gasteiger partial charge is 0.127 e. The molecule has 3 aromatic carbocycles. The second-order valence-corrected chi connectivity index (χ2v) is 5.41. The summed E-state index contributed by atoms with van der Waals surface area (Å²) in [5, 5.41) is 9.14. The average molecular weight is 299 g/mol. The van der Waals surface area contributed by atoms with Gasteiger partial charge in [-0.15, -0.1) is 0 Å². The van der Waals surface area contributed by atoms with Crippen molar-refractivity contribution in [2.45, 2.75) is 13.5 Å². The molecule has 0 bridgehead atoms. The van der Waals surface area contributed by atoms with Gasteiger partial charge in [0.25, 0.3) is 0 Å². The first kappa shape index (κ1) is 14.9. The molecule has 0 aliphatic carbocycles. The van der Waals surface area contributed by atoms with Crippen LogP contribution in [0.5, 0.6) is 5.75 Å². The van der Waals surface area contributed by atoms with Crippen molar-refractivity contribution in [3.63, 3.8) is 0 Å². The zero-order valence-electron chi connectivity index (χ0n) is 13.0. The third-order valence-corrected chi connectivity index (χ3v) is 3.78. The number of nitrogens with zero attached hydrogens (tertiary/aromatic N) is 1. The molecular weight excluding hydrogens is 282 g/mol. The fourth-order valence-corrected chi connectivity index (χ4v) is 2.53. The van der Waals surface area contributed by atoms with E-state index in [0.717, 1.165) is 28.0 Å². The van der Waals surface area contributed by atoms with E-state index < -0.39 is 0 Å². The van der Waals surface area contributed by atoms with E-state index in [1.807, 2.05) is 79.7 Å². The number of para-hydroxylation sites is 1. The molecule has 0 saturated heterocycles. The fourth-order valence-electron chi connectivity index (χ4n) is 2.53. The Balaban J connectivity index is 1.94. The van der Waals surface area contributed by atoms with E-state index >= 15 is 0 Å². The van der Waals surface area contributed by atoms with Gasteiger partial charge in [0, 0.05) is 5.56 Å². The Morgan fingerprint density at radius 2 is 1.61 bits per heavy atom. The summed E-state index contributed by atoms with van der Waals surface area (Å²) in [4.78, 5) is 0. The lowest BCUT2D eigenvalue weighted by molar-refractivity contribution is 0.307. The van der Waals surface area contributed by atoms with Crippen LogP contribution in [-0.2, 0) is 6.61 Å². The molecule has 0 radical (unpaired) electrons. The van der Waals surface area contributed by atoms with Crippen molar-refractivity contribution < 1.29 is 4.74 Å². The third-order valence-electron chi connectivity index (χ3n) is 3.78. The van der Waals surface area contributed by atoms with Gasteiger partial charge in [-0.05, 0) is 41.8 Å². The van der Waals surface area contributed by atoms with Crippen LogP contribution in [0.2, 0.25) is 0 Å². The van der Waals surface area contributed by atoms with E-state index in [9.17, 15) is 0 Å². The maximum absolute atomic E-state index is 9.14. The predicted molar refractivity (Wildman–Crippen MR) is 92.1 cm³/mol. The molecule has 3 rings (SSSR count). The van der Waals surface area contributed by atoms with Gasteiger partial charge in [0.1, 0.15) is 12.4 Å². The van der Waals surface area contributed by atoms with Gasteiger partial charge >= 0.3 is 0 Å². The van der Waals surface area contributed by atoms with E-state index in [2.05, 4.69) is 6.07 Å². The molecule has 3 aromatic rings. The van der Waals surface area contributed by atoms with E-state index in [4.69, 9.17) is 10.00 Å². The molecule has 0 N–H and O–H groups in total. The molecule has 2 heteroatoms. The molecule has 0 fully saturated rings. The summed E-state index contributed by atoms with van der Waals surface area (Å²) in [6.07, 6.45) is 0. The lowest BCUT2D eigenvalue weighted by Gasteiger charge is -2.13. The zero-order chi connectivity index (χ0) is 16.1. The monoisotopic (exact) mass is 299 g/mol. The Bertz CT molecular complexity index is 847. The highest BCUT2D eigenvalue weighted by Crippen LogP contribution is 2.33. The number of aryl methyl sites for hydroxylation is 1. The topological polar surface area (TPSA) is 33.0 Å². The predicted octanol–water partition coefficient (Wildman–Crippen LogP) is 5.11. The molecule has 0 amide bonds. The van der Waals surface area contributed by atoms with Crippen LogP contribution in [0.4, 0.5) is 0 Å². The second-order valence-electron chi connectivity index (χ2n) is 5.41. The standard InChI is InChI=1S/C21H17NO/c1-16-11-12-18(14-22)13-20(16)19-9-5-6-10-21(19)23-15-17-7-3-2-4-8-17/h2-13H,15H2,1H3. The lowest BCUT2D eigenvalue weighted by atomic mass is 9.97. The summed E-state index contributed by atoms with van der Waals surface area (Å²) in [5.74, 6) is 0.828. The first-order chi connectivity index (χ1) is 11.3. The van der Waals surface area contributed by atoms with Crippen molar-refractivity contribution in [1.29, 1.82) is 5.26 Å². The zero-order valence-corrected chi connectivity index (χ0v) is 13.0. The van der Waals surface area contributed by atoms with Gasteiger partial charge in [-0.25, -0.2) is 0 Å². The van der Waals surface area contributed by atoms with Gasteiger partial charge in [-0.3, -0.25) is 0 Å². The minimum Gasteiger partial charge on any atom is -0.488 e. The van der Waals surface area contributed by atoms with Crippen LogP contribution in [0.1, 0.15) is 16.7 Å². The van der Waals surface area contributed by atoms with Gasteiger partial charge < -0.3 is 4.74 Å². The Morgan fingerprint density at radius 3 is 2.39 bits per heavy atom. The fraction of sp³-hybridized carbons (Fsp3) is 0.0952. The van der Waals surface area contributed by atoms with E-state index in [0.29, 0.717) is 12.2 Å². The van der Waals surface area contributed by atoms with Crippen LogP contribution in [0.3, 0.4) is 0 Å². The molecule has 0 aromatic heterocycles. The van der Waals surface area contributed by atoms with Crippen LogP contribution in [0, 0.1) is 18.3 Å². The summed E-state index contributed by atoms with van der Waals surface area (Å²) in [7, 11) is 0. The Morgan fingerprint density at radius 1 is 0.870 bits per heavy atom. The number of hydrogen-bond acceptors (Lipinski definition) is 2. The quantitative estimate of drug-likeness (QED) is 0.670. The summed E-state index contributed by atoms with van der Waals surface area (Å²) in [6.45, 7) is 2.57. The molecule has 0 saturated carbocycles. The normalized spacial score (nSPS) is 10.1. The summed E-state index contributed by atoms with van der Waals surface area (Å²) >= 11 is 0. The molecule has 0 atom stereocenters. The minimum atomic E-state index is 0.523. The van der Waals surface area contributed by atoms with E-state index in [1.165, 1.54) is 0 Å². The Kier molecular flexibility index (Phi) is 4.40. The van der Waals surface area contributed by atoms with Gasteiger partial charge in [0.2, 0.25) is 0 Å². The van der Waals surface area contributed by atoms with Crippen LogP contribution in [-0.4, -0.2) is 0 Å². The van der Waals surface area contributed by atoms with Crippen molar-refractivity contribution in [3.05, 3.63) is 89.5 Å². The van der Waals surface area contributed by atoms with E-state index in [1.54, 1.807) is 0 Å². The highest BCUT2D eigenvalue weighted by atomic mass is 16.5. The summed E-state index contributed by atoms with van der Waals surface area (Å²) < 4.78 is 6.02.